The predicted molar refractivity (Wildman–Crippen MR) is 77.8 cm³/mol. The van der Waals surface area contributed by atoms with E-state index in [1.54, 1.807) is 32.0 Å². The first-order valence-electron chi connectivity index (χ1n) is 6.43. The molecule has 0 unspecified atom stereocenters. The molecule has 0 amide bonds. The molecule has 2 rings (SSSR count). The largest absolute Gasteiger partial charge is 0.455 e. The number of anilines is 1. The van der Waals surface area contributed by atoms with Crippen LogP contribution in [-0.4, -0.2) is 30.1 Å². The van der Waals surface area contributed by atoms with E-state index < -0.39 is 10.9 Å². The molecule has 0 saturated carbocycles. The molecular formula is C14H15N3O5. The molecular weight excluding hydrogens is 290 g/mol. The molecule has 8 nitrogen and oxygen atoms in total. The first kappa shape index (κ1) is 15.5. The number of rotatable bonds is 5. The summed E-state index contributed by atoms with van der Waals surface area (Å²) in [4.78, 5) is 24.1. The minimum Gasteiger partial charge on any atom is -0.455 e. The van der Waals surface area contributed by atoms with Crippen LogP contribution in [0.5, 0.6) is 0 Å². The standard InChI is InChI=1S/C14H15N3O5/c1-9-6-11(15-22-9)8-21-14(18)10-4-5-12(16(2)3)13(7-10)17(19)20/h4-7H,8H2,1-3H3. The Balaban J connectivity index is 2.15. The minimum absolute atomic E-state index is 0.0561. The fourth-order valence-corrected chi connectivity index (χ4v) is 1.88. The normalized spacial score (nSPS) is 10.3. The Hall–Kier alpha value is -2.90. The molecule has 0 atom stereocenters. The van der Waals surface area contributed by atoms with Crippen molar-refractivity contribution in [2.45, 2.75) is 13.5 Å². The number of nitro benzene ring substituents is 1. The second-order valence-electron chi connectivity index (χ2n) is 4.86. The van der Waals surface area contributed by atoms with Crippen molar-refractivity contribution in [2.75, 3.05) is 19.0 Å². The van der Waals surface area contributed by atoms with Gasteiger partial charge in [-0.05, 0) is 19.1 Å². The van der Waals surface area contributed by atoms with E-state index in [-0.39, 0.29) is 17.9 Å². The highest BCUT2D eigenvalue weighted by molar-refractivity contribution is 5.91. The molecule has 0 aliphatic rings. The van der Waals surface area contributed by atoms with Gasteiger partial charge in [-0.25, -0.2) is 4.79 Å². The highest BCUT2D eigenvalue weighted by Gasteiger charge is 2.19. The van der Waals surface area contributed by atoms with E-state index >= 15 is 0 Å². The molecule has 0 aliphatic carbocycles. The van der Waals surface area contributed by atoms with Gasteiger partial charge >= 0.3 is 5.97 Å². The third kappa shape index (κ3) is 3.40. The molecule has 8 heteroatoms. The van der Waals surface area contributed by atoms with E-state index in [0.717, 1.165) is 0 Å². The molecule has 1 heterocycles. The van der Waals surface area contributed by atoms with Crippen molar-refractivity contribution in [3.63, 3.8) is 0 Å². The molecule has 2 aromatic rings. The van der Waals surface area contributed by atoms with Crippen molar-refractivity contribution in [1.82, 2.24) is 5.16 Å². The van der Waals surface area contributed by atoms with Gasteiger partial charge in [0.05, 0.1) is 10.5 Å². The van der Waals surface area contributed by atoms with E-state index in [0.29, 0.717) is 17.1 Å². The smallest absolute Gasteiger partial charge is 0.338 e. The lowest BCUT2D eigenvalue weighted by molar-refractivity contribution is -0.384. The first-order chi connectivity index (χ1) is 10.4. The maximum atomic E-state index is 12.0. The Morgan fingerprint density at radius 3 is 2.68 bits per heavy atom. The predicted octanol–water partition coefficient (Wildman–Crippen LogP) is 2.31. The van der Waals surface area contributed by atoms with Gasteiger partial charge < -0.3 is 14.2 Å². The molecule has 116 valence electrons. The lowest BCUT2D eigenvalue weighted by Crippen LogP contribution is -2.12. The summed E-state index contributed by atoms with van der Waals surface area (Å²) in [6, 6.07) is 5.84. The van der Waals surface area contributed by atoms with Crippen molar-refractivity contribution in [2.24, 2.45) is 0 Å². The zero-order valence-electron chi connectivity index (χ0n) is 12.4. The lowest BCUT2D eigenvalue weighted by atomic mass is 10.1. The maximum Gasteiger partial charge on any atom is 0.338 e. The van der Waals surface area contributed by atoms with Crippen LogP contribution in [0.25, 0.3) is 0 Å². The number of nitro groups is 1. The minimum atomic E-state index is -0.658. The van der Waals surface area contributed by atoms with Gasteiger partial charge in [0.25, 0.3) is 5.69 Å². The van der Waals surface area contributed by atoms with Gasteiger partial charge in [-0.2, -0.15) is 0 Å². The third-order valence-electron chi connectivity index (χ3n) is 2.92. The zero-order valence-corrected chi connectivity index (χ0v) is 12.4. The number of hydrogen-bond donors (Lipinski definition) is 0. The number of benzene rings is 1. The van der Waals surface area contributed by atoms with Crippen molar-refractivity contribution in [1.29, 1.82) is 0 Å². The molecule has 1 aromatic carbocycles. The zero-order chi connectivity index (χ0) is 16.3. The Morgan fingerprint density at radius 2 is 2.14 bits per heavy atom. The number of carbonyl (C=O) groups is 1. The van der Waals surface area contributed by atoms with Gasteiger partial charge in [0.15, 0.2) is 0 Å². The van der Waals surface area contributed by atoms with E-state index in [1.165, 1.54) is 18.2 Å². The van der Waals surface area contributed by atoms with E-state index in [2.05, 4.69) is 5.16 Å². The lowest BCUT2D eigenvalue weighted by Gasteiger charge is -2.13. The van der Waals surface area contributed by atoms with E-state index in [4.69, 9.17) is 9.26 Å². The van der Waals surface area contributed by atoms with Crippen LogP contribution >= 0.6 is 0 Å². The van der Waals surface area contributed by atoms with Crippen LogP contribution in [0.15, 0.2) is 28.8 Å². The monoisotopic (exact) mass is 305 g/mol. The van der Waals surface area contributed by atoms with Gasteiger partial charge in [0, 0.05) is 26.2 Å². The van der Waals surface area contributed by atoms with Gasteiger partial charge in [0.1, 0.15) is 23.7 Å². The summed E-state index contributed by atoms with van der Waals surface area (Å²) >= 11 is 0. The number of hydrogen-bond acceptors (Lipinski definition) is 7. The SMILES string of the molecule is Cc1cc(COC(=O)c2ccc(N(C)C)c([N+](=O)[O-])c2)no1. The van der Waals surface area contributed by atoms with Crippen LogP contribution in [0.1, 0.15) is 21.8 Å². The molecule has 0 radical (unpaired) electrons. The van der Waals surface area contributed by atoms with Crippen LogP contribution in [0.4, 0.5) is 11.4 Å². The molecule has 0 aliphatic heterocycles. The second-order valence-corrected chi connectivity index (χ2v) is 4.86. The van der Waals surface area contributed by atoms with Crippen LogP contribution in [0.3, 0.4) is 0 Å². The number of nitrogens with zero attached hydrogens (tertiary/aromatic N) is 3. The van der Waals surface area contributed by atoms with E-state index in [9.17, 15) is 14.9 Å². The summed E-state index contributed by atoms with van der Waals surface area (Å²) in [5.74, 6) is -0.0499. The Bertz CT molecular complexity index is 708. The molecule has 22 heavy (non-hydrogen) atoms. The number of ether oxygens (including phenoxy) is 1. The van der Waals surface area contributed by atoms with Gasteiger partial charge in [0.2, 0.25) is 0 Å². The van der Waals surface area contributed by atoms with Crippen molar-refractivity contribution in [3.8, 4) is 0 Å². The number of aryl methyl sites for hydroxylation is 1. The average molecular weight is 305 g/mol. The summed E-state index contributed by atoms with van der Waals surface area (Å²) in [6.07, 6.45) is 0. The van der Waals surface area contributed by atoms with Crippen molar-refractivity contribution < 1.29 is 19.0 Å². The molecule has 1 aromatic heterocycles. The summed E-state index contributed by atoms with van der Waals surface area (Å²) in [7, 11) is 3.38. The summed E-state index contributed by atoms with van der Waals surface area (Å²) < 4.78 is 9.92. The molecule has 0 bridgehead atoms. The topological polar surface area (TPSA) is 98.7 Å². The molecule has 0 saturated heterocycles. The fraction of sp³-hybridized carbons (Fsp3) is 0.286. The second kappa shape index (κ2) is 6.25. The van der Waals surface area contributed by atoms with Crippen LogP contribution in [0, 0.1) is 17.0 Å². The highest BCUT2D eigenvalue weighted by Crippen LogP contribution is 2.28. The van der Waals surface area contributed by atoms with Gasteiger partial charge in [-0.15, -0.1) is 0 Å². The highest BCUT2D eigenvalue weighted by atomic mass is 16.6. The Morgan fingerprint density at radius 1 is 1.41 bits per heavy atom. The van der Waals surface area contributed by atoms with Crippen LogP contribution in [0.2, 0.25) is 0 Å². The average Bonchev–Trinajstić information content (AvgIpc) is 2.89. The molecule has 0 spiro atoms. The maximum absolute atomic E-state index is 12.0. The number of esters is 1. The Kier molecular flexibility index (Phi) is 4.40. The summed E-state index contributed by atoms with van der Waals surface area (Å²) in [5.41, 5.74) is 0.841. The van der Waals surface area contributed by atoms with Crippen molar-refractivity contribution >= 4 is 17.3 Å². The first-order valence-corrected chi connectivity index (χ1v) is 6.43. The summed E-state index contributed by atoms with van der Waals surface area (Å²) in [5, 5.41) is 14.8. The summed E-state index contributed by atoms with van der Waals surface area (Å²) in [6.45, 7) is 1.67. The number of aromatic nitrogens is 1. The number of carbonyl (C=O) groups excluding carboxylic acids is 1. The van der Waals surface area contributed by atoms with Crippen LogP contribution in [-0.2, 0) is 11.3 Å². The van der Waals surface area contributed by atoms with Gasteiger partial charge in [-0.1, -0.05) is 5.16 Å². The van der Waals surface area contributed by atoms with Crippen molar-refractivity contribution in [3.05, 3.63) is 51.4 Å². The molecule has 0 N–H and O–H groups in total. The van der Waals surface area contributed by atoms with Crippen LogP contribution < -0.4 is 4.90 Å². The quantitative estimate of drug-likeness (QED) is 0.475. The Labute approximate surface area is 126 Å². The fourth-order valence-electron chi connectivity index (χ4n) is 1.88. The molecule has 0 fully saturated rings. The third-order valence-corrected chi connectivity index (χ3v) is 2.92. The van der Waals surface area contributed by atoms with Gasteiger partial charge in [-0.3, -0.25) is 10.1 Å². The van der Waals surface area contributed by atoms with E-state index in [1.807, 2.05) is 0 Å².